The highest BCUT2D eigenvalue weighted by Gasteiger charge is 2.28. The first-order valence-corrected chi connectivity index (χ1v) is 7.56. The lowest BCUT2D eigenvalue weighted by molar-refractivity contribution is -0.384. The van der Waals surface area contributed by atoms with E-state index in [4.69, 9.17) is 4.74 Å². The fraction of sp³-hybridized carbons (Fsp3) is 0.375. The number of fused-ring (bicyclic) bond motifs is 1. The van der Waals surface area contributed by atoms with E-state index in [0.717, 1.165) is 41.8 Å². The maximum Gasteiger partial charge on any atom is 0.359 e. The average molecular weight is 315 g/mol. The third-order valence-corrected chi connectivity index (χ3v) is 4.02. The Labute approximate surface area is 133 Å². The number of ether oxygens (including phenoxy) is 1. The SMILES string of the molecule is CCOC(=O)c1nn(-c2ccc([N+](=O)[O-])cc2C)c2c1CCC2. The molecule has 0 N–H and O–H groups in total. The van der Waals surface area contributed by atoms with Gasteiger partial charge in [-0.1, -0.05) is 0 Å². The first-order valence-electron chi connectivity index (χ1n) is 7.56. The van der Waals surface area contributed by atoms with Gasteiger partial charge in [-0.25, -0.2) is 9.48 Å². The predicted molar refractivity (Wildman–Crippen MR) is 82.9 cm³/mol. The number of nitro groups is 1. The van der Waals surface area contributed by atoms with E-state index >= 15 is 0 Å². The van der Waals surface area contributed by atoms with Crippen molar-refractivity contribution in [1.29, 1.82) is 0 Å². The predicted octanol–water partition coefficient (Wildman–Crippen LogP) is 2.75. The number of nitro benzene ring substituents is 1. The fourth-order valence-electron chi connectivity index (χ4n) is 2.99. The van der Waals surface area contributed by atoms with Gasteiger partial charge in [0.25, 0.3) is 5.69 Å². The van der Waals surface area contributed by atoms with Crippen LogP contribution in [0.15, 0.2) is 18.2 Å². The molecule has 0 aliphatic heterocycles. The van der Waals surface area contributed by atoms with Gasteiger partial charge in [-0.3, -0.25) is 10.1 Å². The number of rotatable bonds is 4. The fourth-order valence-corrected chi connectivity index (χ4v) is 2.99. The van der Waals surface area contributed by atoms with Gasteiger partial charge in [0.15, 0.2) is 5.69 Å². The molecule has 0 atom stereocenters. The zero-order valence-electron chi connectivity index (χ0n) is 13.0. The molecule has 23 heavy (non-hydrogen) atoms. The summed E-state index contributed by atoms with van der Waals surface area (Å²) in [4.78, 5) is 22.5. The summed E-state index contributed by atoms with van der Waals surface area (Å²) in [6.07, 6.45) is 2.60. The van der Waals surface area contributed by atoms with Crippen molar-refractivity contribution in [3.05, 3.63) is 50.8 Å². The minimum absolute atomic E-state index is 0.0423. The summed E-state index contributed by atoms with van der Waals surface area (Å²) in [5.74, 6) is -0.413. The number of carbonyl (C=O) groups excluding carboxylic acids is 1. The quantitative estimate of drug-likeness (QED) is 0.492. The zero-order chi connectivity index (χ0) is 16.6. The Kier molecular flexibility index (Phi) is 3.85. The molecule has 0 spiro atoms. The van der Waals surface area contributed by atoms with Gasteiger partial charge in [0.1, 0.15) is 0 Å². The molecule has 0 saturated heterocycles. The number of benzene rings is 1. The molecule has 7 heteroatoms. The number of nitrogens with zero attached hydrogens (tertiary/aromatic N) is 3. The van der Waals surface area contributed by atoms with Crippen LogP contribution in [0.5, 0.6) is 0 Å². The number of hydrogen-bond donors (Lipinski definition) is 0. The Morgan fingerprint density at radius 2 is 2.22 bits per heavy atom. The second-order valence-electron chi connectivity index (χ2n) is 5.49. The van der Waals surface area contributed by atoms with E-state index in [1.807, 2.05) is 0 Å². The van der Waals surface area contributed by atoms with Crippen molar-refractivity contribution in [1.82, 2.24) is 9.78 Å². The molecule has 0 fully saturated rings. The molecule has 1 aliphatic carbocycles. The number of esters is 1. The van der Waals surface area contributed by atoms with Crippen LogP contribution in [0, 0.1) is 17.0 Å². The molecule has 0 amide bonds. The molecular formula is C16H17N3O4. The number of non-ortho nitro benzene ring substituents is 1. The maximum atomic E-state index is 12.1. The largest absolute Gasteiger partial charge is 0.461 e. The van der Waals surface area contributed by atoms with Gasteiger partial charge in [0, 0.05) is 23.4 Å². The van der Waals surface area contributed by atoms with Crippen LogP contribution in [0.25, 0.3) is 5.69 Å². The van der Waals surface area contributed by atoms with Crippen LogP contribution in [0.4, 0.5) is 5.69 Å². The van der Waals surface area contributed by atoms with Crippen molar-refractivity contribution in [2.24, 2.45) is 0 Å². The van der Waals surface area contributed by atoms with E-state index in [1.165, 1.54) is 12.1 Å². The highest BCUT2D eigenvalue weighted by Crippen LogP contribution is 2.30. The minimum atomic E-state index is -0.422. The molecule has 1 heterocycles. The molecule has 0 unspecified atom stereocenters. The molecule has 1 aromatic carbocycles. The van der Waals surface area contributed by atoms with Crippen LogP contribution in [0.3, 0.4) is 0 Å². The van der Waals surface area contributed by atoms with Crippen LogP contribution >= 0.6 is 0 Å². The first kappa shape index (κ1) is 15.2. The Morgan fingerprint density at radius 1 is 1.43 bits per heavy atom. The lowest BCUT2D eigenvalue weighted by Crippen LogP contribution is -2.09. The van der Waals surface area contributed by atoms with Crippen molar-refractivity contribution in [2.45, 2.75) is 33.1 Å². The second-order valence-corrected chi connectivity index (χ2v) is 5.49. The Morgan fingerprint density at radius 3 is 2.87 bits per heavy atom. The summed E-state index contributed by atoms with van der Waals surface area (Å²) in [6.45, 7) is 3.86. The van der Waals surface area contributed by atoms with E-state index in [-0.39, 0.29) is 5.69 Å². The summed E-state index contributed by atoms with van der Waals surface area (Å²) >= 11 is 0. The number of aryl methyl sites for hydroxylation is 1. The molecule has 120 valence electrons. The van der Waals surface area contributed by atoms with Crippen molar-refractivity contribution in [2.75, 3.05) is 6.61 Å². The second kappa shape index (κ2) is 5.83. The van der Waals surface area contributed by atoms with Gasteiger partial charge in [-0.05, 0) is 44.7 Å². The van der Waals surface area contributed by atoms with Crippen LogP contribution in [-0.4, -0.2) is 27.3 Å². The van der Waals surface area contributed by atoms with Crippen LogP contribution in [0.1, 0.15) is 40.7 Å². The van der Waals surface area contributed by atoms with Gasteiger partial charge in [-0.15, -0.1) is 0 Å². The molecular weight excluding hydrogens is 298 g/mol. The molecule has 0 saturated carbocycles. The summed E-state index contributed by atoms with van der Waals surface area (Å²) in [5.41, 5.74) is 3.82. The van der Waals surface area contributed by atoms with Gasteiger partial charge < -0.3 is 4.74 Å². The maximum absolute atomic E-state index is 12.1. The van der Waals surface area contributed by atoms with E-state index in [1.54, 1.807) is 24.6 Å². The number of hydrogen-bond acceptors (Lipinski definition) is 5. The monoisotopic (exact) mass is 315 g/mol. The molecule has 1 aromatic heterocycles. The number of carbonyl (C=O) groups is 1. The summed E-state index contributed by atoms with van der Waals surface area (Å²) in [6, 6.07) is 4.64. The van der Waals surface area contributed by atoms with Crippen LogP contribution in [0.2, 0.25) is 0 Å². The van der Waals surface area contributed by atoms with Crippen LogP contribution in [-0.2, 0) is 17.6 Å². The summed E-state index contributed by atoms with van der Waals surface area (Å²) in [5, 5.41) is 15.3. The van der Waals surface area contributed by atoms with Gasteiger partial charge in [0.2, 0.25) is 0 Å². The smallest absolute Gasteiger partial charge is 0.359 e. The normalized spacial score (nSPS) is 13.0. The molecule has 3 rings (SSSR count). The standard InChI is InChI=1S/C16H17N3O4/c1-3-23-16(20)15-12-5-4-6-14(12)18(17-15)13-8-7-11(19(21)22)9-10(13)2/h7-9H,3-6H2,1-2H3. The Balaban J connectivity index is 2.09. The van der Waals surface area contributed by atoms with E-state index in [2.05, 4.69) is 5.10 Å². The van der Waals surface area contributed by atoms with Gasteiger partial charge in [-0.2, -0.15) is 5.10 Å². The highest BCUT2D eigenvalue weighted by molar-refractivity contribution is 5.89. The van der Waals surface area contributed by atoms with E-state index < -0.39 is 10.9 Å². The number of aromatic nitrogens is 2. The molecule has 0 radical (unpaired) electrons. The minimum Gasteiger partial charge on any atom is -0.461 e. The summed E-state index contributed by atoms with van der Waals surface area (Å²) in [7, 11) is 0. The Hall–Kier alpha value is -2.70. The molecule has 2 aromatic rings. The van der Waals surface area contributed by atoms with E-state index in [9.17, 15) is 14.9 Å². The van der Waals surface area contributed by atoms with Gasteiger partial charge in [0.05, 0.1) is 17.2 Å². The van der Waals surface area contributed by atoms with Crippen molar-refractivity contribution >= 4 is 11.7 Å². The van der Waals surface area contributed by atoms with Crippen molar-refractivity contribution < 1.29 is 14.5 Å². The lowest BCUT2D eigenvalue weighted by atomic mass is 10.1. The Bertz CT molecular complexity index is 795. The van der Waals surface area contributed by atoms with Crippen LogP contribution < -0.4 is 0 Å². The molecule has 7 nitrogen and oxygen atoms in total. The van der Waals surface area contributed by atoms with Crippen molar-refractivity contribution in [3.63, 3.8) is 0 Å². The van der Waals surface area contributed by atoms with Gasteiger partial charge >= 0.3 is 5.97 Å². The molecule has 1 aliphatic rings. The third kappa shape index (κ3) is 2.58. The average Bonchev–Trinajstić information content (AvgIpc) is 3.09. The van der Waals surface area contributed by atoms with E-state index in [0.29, 0.717) is 12.3 Å². The van der Waals surface area contributed by atoms with Crippen molar-refractivity contribution in [3.8, 4) is 5.69 Å². The highest BCUT2D eigenvalue weighted by atomic mass is 16.6. The zero-order valence-corrected chi connectivity index (χ0v) is 13.0. The first-order chi connectivity index (χ1) is 11.0. The third-order valence-electron chi connectivity index (χ3n) is 4.02. The summed E-state index contributed by atoms with van der Waals surface area (Å²) < 4.78 is 6.81. The molecule has 0 bridgehead atoms. The lowest BCUT2D eigenvalue weighted by Gasteiger charge is -2.08. The topological polar surface area (TPSA) is 87.3 Å².